The molecular formula is C24H14Cl3NO5. The molecule has 1 heterocycles. The van der Waals surface area contributed by atoms with Crippen LogP contribution >= 0.6 is 34.8 Å². The molecule has 1 aliphatic heterocycles. The van der Waals surface area contributed by atoms with Crippen LogP contribution in [0.2, 0.25) is 15.1 Å². The number of Topliss-reactive ketones (excluding diaryl/α,β-unsaturated/α-hetero) is 1. The molecule has 0 saturated carbocycles. The van der Waals surface area contributed by atoms with Crippen LogP contribution in [-0.2, 0) is 9.53 Å². The number of nitrogens with zero attached hydrogens (tertiary/aromatic N) is 1. The van der Waals surface area contributed by atoms with Gasteiger partial charge in [-0.25, -0.2) is 0 Å². The number of esters is 1. The quantitative estimate of drug-likeness (QED) is 0.256. The van der Waals surface area contributed by atoms with Crippen LogP contribution in [0.4, 0.5) is 0 Å². The standard InChI is InChI=1S/C24H14Cl3NO5/c25-15-8-6-13(7-9-15)21(30)22(14-4-2-1-3-5-14)33-20(29)12-28-23(31)16-10-18(26)19(27)11-17(16)24(28)32/h1-11,22H,12H2/t22-/m0/s1. The van der Waals surface area contributed by atoms with E-state index in [0.717, 1.165) is 4.90 Å². The number of carbonyl (C=O) groups is 4. The monoisotopic (exact) mass is 501 g/mol. The summed E-state index contributed by atoms with van der Waals surface area (Å²) < 4.78 is 5.47. The normalized spacial score (nSPS) is 13.6. The Morgan fingerprint density at radius 1 is 0.818 bits per heavy atom. The van der Waals surface area contributed by atoms with Gasteiger partial charge in [0.15, 0.2) is 6.10 Å². The van der Waals surface area contributed by atoms with Gasteiger partial charge in [0.2, 0.25) is 5.78 Å². The minimum atomic E-state index is -1.28. The van der Waals surface area contributed by atoms with Gasteiger partial charge in [0.1, 0.15) is 6.54 Å². The van der Waals surface area contributed by atoms with E-state index in [-0.39, 0.29) is 26.7 Å². The van der Waals surface area contributed by atoms with Crippen LogP contribution < -0.4 is 0 Å². The van der Waals surface area contributed by atoms with Gasteiger partial charge in [0.25, 0.3) is 11.8 Å². The lowest BCUT2D eigenvalue weighted by Gasteiger charge is -2.19. The minimum Gasteiger partial charge on any atom is -0.448 e. The molecule has 0 aliphatic carbocycles. The molecule has 6 nitrogen and oxygen atoms in total. The maximum Gasteiger partial charge on any atom is 0.327 e. The van der Waals surface area contributed by atoms with E-state index in [1.54, 1.807) is 42.5 Å². The molecule has 0 unspecified atom stereocenters. The van der Waals surface area contributed by atoms with Gasteiger partial charge in [0.05, 0.1) is 21.2 Å². The molecule has 4 rings (SSSR count). The Morgan fingerprint density at radius 2 is 1.36 bits per heavy atom. The highest BCUT2D eigenvalue weighted by Crippen LogP contribution is 2.32. The molecule has 0 fully saturated rings. The zero-order valence-electron chi connectivity index (χ0n) is 16.8. The molecule has 2 amide bonds. The van der Waals surface area contributed by atoms with Crippen molar-refractivity contribution < 1.29 is 23.9 Å². The largest absolute Gasteiger partial charge is 0.448 e. The molecule has 3 aromatic carbocycles. The Morgan fingerprint density at radius 3 is 1.91 bits per heavy atom. The fourth-order valence-electron chi connectivity index (χ4n) is 3.39. The number of hydrogen-bond acceptors (Lipinski definition) is 5. The summed E-state index contributed by atoms with van der Waals surface area (Å²) >= 11 is 17.8. The maximum absolute atomic E-state index is 13.1. The maximum atomic E-state index is 13.1. The first-order chi connectivity index (χ1) is 15.8. The van der Waals surface area contributed by atoms with Crippen molar-refractivity contribution in [1.82, 2.24) is 4.90 Å². The number of hydrogen-bond donors (Lipinski definition) is 0. The lowest BCUT2D eigenvalue weighted by atomic mass is 10.00. The molecule has 166 valence electrons. The number of carbonyl (C=O) groups excluding carboxylic acids is 4. The summed E-state index contributed by atoms with van der Waals surface area (Å²) in [5.74, 6) is -2.82. The number of ether oxygens (including phenoxy) is 1. The number of amides is 2. The van der Waals surface area contributed by atoms with Crippen molar-refractivity contribution >= 4 is 58.4 Å². The highest BCUT2D eigenvalue weighted by molar-refractivity contribution is 6.43. The van der Waals surface area contributed by atoms with Crippen molar-refractivity contribution in [1.29, 1.82) is 0 Å². The Labute approximate surface area is 203 Å². The predicted octanol–water partition coefficient (Wildman–Crippen LogP) is 5.41. The second-order valence-electron chi connectivity index (χ2n) is 7.16. The van der Waals surface area contributed by atoms with E-state index in [2.05, 4.69) is 0 Å². The van der Waals surface area contributed by atoms with E-state index in [9.17, 15) is 19.2 Å². The van der Waals surface area contributed by atoms with E-state index in [1.807, 2.05) is 0 Å². The first-order valence-corrected chi connectivity index (χ1v) is 10.8. The molecule has 1 aliphatic rings. The lowest BCUT2D eigenvalue weighted by Crippen LogP contribution is -2.36. The molecule has 1 atom stereocenters. The number of halogens is 3. The number of imide groups is 1. The van der Waals surface area contributed by atoms with Crippen molar-refractivity contribution in [3.63, 3.8) is 0 Å². The molecule has 3 aromatic rings. The molecular weight excluding hydrogens is 489 g/mol. The van der Waals surface area contributed by atoms with Crippen molar-refractivity contribution in [2.75, 3.05) is 6.54 Å². The van der Waals surface area contributed by atoms with Gasteiger partial charge < -0.3 is 4.74 Å². The van der Waals surface area contributed by atoms with Gasteiger partial charge in [-0.1, -0.05) is 65.1 Å². The summed E-state index contributed by atoms with van der Waals surface area (Å²) in [5.41, 5.74) is 0.802. The van der Waals surface area contributed by atoms with Gasteiger partial charge >= 0.3 is 5.97 Å². The van der Waals surface area contributed by atoms with Crippen LogP contribution in [0.3, 0.4) is 0 Å². The SMILES string of the molecule is O=C(CN1C(=O)c2cc(Cl)c(Cl)cc2C1=O)O[C@H](C(=O)c1ccc(Cl)cc1)c1ccccc1. The molecule has 0 saturated heterocycles. The highest BCUT2D eigenvalue weighted by Gasteiger charge is 2.38. The summed E-state index contributed by atoms with van der Waals surface area (Å²) in [7, 11) is 0. The lowest BCUT2D eigenvalue weighted by molar-refractivity contribution is -0.147. The number of fused-ring (bicyclic) bond motifs is 1. The minimum absolute atomic E-state index is 0.0408. The van der Waals surface area contributed by atoms with Crippen LogP contribution in [0, 0.1) is 0 Å². The molecule has 0 bridgehead atoms. The Hall–Kier alpha value is -3.19. The van der Waals surface area contributed by atoms with E-state index in [1.165, 1.54) is 24.3 Å². The summed E-state index contributed by atoms with van der Waals surface area (Å²) in [6.45, 7) is -0.682. The first-order valence-electron chi connectivity index (χ1n) is 9.65. The van der Waals surface area contributed by atoms with Crippen LogP contribution in [0.1, 0.15) is 42.7 Å². The third-order valence-corrected chi connectivity index (χ3v) is 5.99. The van der Waals surface area contributed by atoms with Gasteiger partial charge in [-0.2, -0.15) is 0 Å². The third-order valence-electron chi connectivity index (χ3n) is 5.02. The van der Waals surface area contributed by atoms with Crippen molar-refractivity contribution in [2.45, 2.75) is 6.10 Å². The molecule has 9 heteroatoms. The van der Waals surface area contributed by atoms with Crippen molar-refractivity contribution in [3.05, 3.63) is 104 Å². The summed E-state index contributed by atoms with van der Waals surface area (Å²) in [6.07, 6.45) is -1.28. The highest BCUT2D eigenvalue weighted by atomic mass is 35.5. The van der Waals surface area contributed by atoms with Crippen LogP contribution in [0.5, 0.6) is 0 Å². The third kappa shape index (κ3) is 4.64. The number of rotatable bonds is 6. The van der Waals surface area contributed by atoms with Gasteiger partial charge in [0, 0.05) is 16.1 Å². The topological polar surface area (TPSA) is 80.8 Å². The Kier molecular flexibility index (Phi) is 6.51. The second-order valence-corrected chi connectivity index (χ2v) is 8.41. The van der Waals surface area contributed by atoms with Crippen molar-refractivity contribution in [3.8, 4) is 0 Å². The molecule has 0 radical (unpaired) electrons. The first kappa shape index (κ1) is 23.0. The average molecular weight is 503 g/mol. The van der Waals surface area contributed by atoms with Crippen LogP contribution in [-0.4, -0.2) is 35.0 Å². The predicted molar refractivity (Wildman–Crippen MR) is 123 cm³/mol. The molecule has 0 spiro atoms. The van der Waals surface area contributed by atoms with Crippen molar-refractivity contribution in [2.24, 2.45) is 0 Å². The zero-order chi connectivity index (χ0) is 23.7. The van der Waals surface area contributed by atoms with Gasteiger partial charge in [-0.05, 0) is 36.4 Å². The molecule has 33 heavy (non-hydrogen) atoms. The molecule has 0 aromatic heterocycles. The summed E-state index contributed by atoms with van der Waals surface area (Å²) in [4.78, 5) is 51.9. The Balaban J connectivity index is 1.56. The van der Waals surface area contributed by atoms with E-state index in [4.69, 9.17) is 39.5 Å². The average Bonchev–Trinajstić information content (AvgIpc) is 3.02. The van der Waals surface area contributed by atoms with E-state index in [0.29, 0.717) is 10.6 Å². The fraction of sp³-hybridized carbons (Fsp3) is 0.0833. The fourth-order valence-corrected chi connectivity index (χ4v) is 3.84. The molecule has 0 N–H and O–H groups in total. The smallest absolute Gasteiger partial charge is 0.327 e. The van der Waals surface area contributed by atoms with Gasteiger partial charge in [-0.3, -0.25) is 24.1 Å². The summed E-state index contributed by atoms with van der Waals surface area (Å²) in [5, 5.41) is 0.669. The van der Waals surface area contributed by atoms with E-state index >= 15 is 0 Å². The number of benzene rings is 3. The number of ketones is 1. The van der Waals surface area contributed by atoms with Gasteiger partial charge in [-0.15, -0.1) is 0 Å². The zero-order valence-corrected chi connectivity index (χ0v) is 19.0. The Bertz CT molecular complexity index is 1230. The van der Waals surface area contributed by atoms with Crippen LogP contribution in [0.25, 0.3) is 0 Å². The second kappa shape index (κ2) is 9.35. The summed E-state index contributed by atoms with van der Waals surface area (Å²) in [6, 6.07) is 17.1. The van der Waals surface area contributed by atoms with Crippen LogP contribution in [0.15, 0.2) is 66.7 Å². The van der Waals surface area contributed by atoms with E-state index < -0.39 is 36.2 Å².